The zero-order valence-corrected chi connectivity index (χ0v) is 20.6. The van der Waals surface area contributed by atoms with E-state index in [1.54, 1.807) is 60.7 Å². The highest BCUT2D eigenvalue weighted by atomic mass is 32.2. The van der Waals surface area contributed by atoms with Crippen molar-refractivity contribution in [3.63, 3.8) is 0 Å². The second-order valence-corrected chi connectivity index (χ2v) is 9.96. The number of fused-ring (bicyclic) bond motifs is 1. The van der Waals surface area contributed by atoms with Crippen molar-refractivity contribution in [3.8, 4) is 0 Å². The van der Waals surface area contributed by atoms with Crippen LogP contribution in [0.2, 0.25) is 0 Å². The van der Waals surface area contributed by atoms with Gasteiger partial charge in [0.2, 0.25) is 10.0 Å². The van der Waals surface area contributed by atoms with Gasteiger partial charge in [-0.3, -0.25) is 4.79 Å². The van der Waals surface area contributed by atoms with Crippen molar-refractivity contribution < 1.29 is 27.9 Å². The van der Waals surface area contributed by atoms with Crippen LogP contribution < -0.4 is 5.32 Å². The van der Waals surface area contributed by atoms with Crippen molar-refractivity contribution in [2.45, 2.75) is 12.7 Å². The Morgan fingerprint density at radius 2 is 1.68 bits per heavy atom. The Balaban J connectivity index is 1.55. The summed E-state index contributed by atoms with van der Waals surface area (Å²) in [7, 11) is -3.88. The summed E-state index contributed by atoms with van der Waals surface area (Å²) in [6, 6.07) is 15.7. The number of aliphatic hydroxyl groups is 1. The molecule has 1 atom stereocenters. The van der Waals surface area contributed by atoms with E-state index in [4.69, 9.17) is 4.74 Å². The number of carbonyl (C=O) groups is 2. The van der Waals surface area contributed by atoms with Crippen LogP contribution >= 0.6 is 0 Å². The molecule has 2 heterocycles. The number of carbonyl (C=O) groups excluding carboxylic acids is 2. The molecule has 0 radical (unpaired) electrons. The first-order valence-electron chi connectivity index (χ1n) is 11.1. The summed E-state index contributed by atoms with van der Waals surface area (Å²) in [5, 5.41) is 12.6. The molecular formula is C24H24N6O6S. The lowest BCUT2D eigenvalue weighted by Crippen LogP contribution is -2.45. The predicted molar refractivity (Wildman–Crippen MR) is 134 cm³/mol. The Bertz CT molecular complexity index is 1490. The van der Waals surface area contributed by atoms with Gasteiger partial charge in [-0.2, -0.15) is 4.31 Å². The molecule has 192 valence electrons. The number of anilines is 1. The van der Waals surface area contributed by atoms with Gasteiger partial charge in [0.15, 0.2) is 17.0 Å². The number of amides is 1. The Hall–Kier alpha value is -4.20. The van der Waals surface area contributed by atoms with E-state index in [1.165, 1.54) is 17.2 Å². The molecule has 0 spiro atoms. The van der Waals surface area contributed by atoms with Gasteiger partial charge in [0.05, 0.1) is 37.5 Å². The quantitative estimate of drug-likeness (QED) is 0.294. The fourth-order valence-corrected chi connectivity index (χ4v) is 4.55. The number of imidazole rings is 1. The minimum Gasteiger partial charge on any atom is -0.460 e. The number of nitrogens with one attached hydrogen (secondary N) is 1. The molecule has 2 aromatic heterocycles. The van der Waals surface area contributed by atoms with Gasteiger partial charge in [-0.1, -0.05) is 36.4 Å². The third kappa shape index (κ3) is 6.14. The van der Waals surface area contributed by atoms with Crippen LogP contribution in [-0.2, 0) is 21.4 Å². The Labute approximate surface area is 212 Å². The van der Waals surface area contributed by atoms with Crippen LogP contribution in [0, 0.1) is 0 Å². The molecule has 0 aliphatic carbocycles. The summed E-state index contributed by atoms with van der Waals surface area (Å²) in [5.74, 6) is -0.889. The molecule has 2 N–H and O–H groups in total. The van der Waals surface area contributed by atoms with E-state index < -0.39 is 34.5 Å². The van der Waals surface area contributed by atoms with Crippen LogP contribution in [0.15, 0.2) is 73.3 Å². The molecule has 2 aromatic carbocycles. The van der Waals surface area contributed by atoms with Crippen molar-refractivity contribution in [2.24, 2.45) is 0 Å². The molecule has 0 aliphatic rings. The maximum absolute atomic E-state index is 12.6. The summed E-state index contributed by atoms with van der Waals surface area (Å²) in [6.45, 7) is -1.26. The Morgan fingerprint density at radius 3 is 2.30 bits per heavy atom. The normalized spacial score (nSPS) is 12.4. The molecule has 1 amide bonds. The summed E-state index contributed by atoms with van der Waals surface area (Å²) in [4.78, 5) is 37.4. The molecule has 1 unspecified atom stereocenters. The van der Waals surface area contributed by atoms with Crippen molar-refractivity contribution in [3.05, 3.63) is 84.4 Å². The van der Waals surface area contributed by atoms with Gasteiger partial charge in [0.1, 0.15) is 12.9 Å². The van der Waals surface area contributed by atoms with Gasteiger partial charge in [-0.05, 0) is 24.3 Å². The van der Waals surface area contributed by atoms with Gasteiger partial charge < -0.3 is 19.7 Å². The van der Waals surface area contributed by atoms with Crippen LogP contribution in [0.4, 0.5) is 5.82 Å². The molecule has 0 saturated heterocycles. The van der Waals surface area contributed by atoms with E-state index in [0.717, 1.165) is 10.6 Å². The predicted octanol–water partition coefficient (Wildman–Crippen LogP) is 1.52. The molecular weight excluding hydrogens is 500 g/mol. The number of hydrogen-bond donors (Lipinski definition) is 2. The van der Waals surface area contributed by atoms with Gasteiger partial charge in [-0.25, -0.2) is 28.2 Å². The molecule has 12 nitrogen and oxygen atoms in total. The van der Waals surface area contributed by atoms with E-state index in [9.17, 15) is 23.1 Å². The number of sulfonamides is 1. The first-order chi connectivity index (χ1) is 17.8. The maximum atomic E-state index is 12.6. The number of hydrogen-bond acceptors (Lipinski definition) is 9. The minimum atomic E-state index is -3.88. The summed E-state index contributed by atoms with van der Waals surface area (Å²) < 4.78 is 32.9. The Morgan fingerprint density at radius 1 is 1.03 bits per heavy atom. The molecule has 0 bridgehead atoms. The maximum Gasteiger partial charge on any atom is 0.338 e. The van der Waals surface area contributed by atoms with E-state index in [2.05, 4.69) is 20.3 Å². The molecule has 0 saturated carbocycles. The second-order valence-electron chi connectivity index (χ2n) is 8.02. The SMILES string of the molecule is CS(=O)(=O)N(Cn1cnc2c(NC(=O)c3ccccc3)ncnc21)C(CO)COC(=O)c1ccccc1. The number of ether oxygens (including phenoxy) is 1. The standard InChI is InChI=1S/C24H24N6O6S/c1-37(34,35)30(19(12-31)13-36-24(33)18-10-6-3-7-11-18)16-29-15-27-20-21(25-14-26-22(20)29)28-23(32)17-8-4-2-5-9-17/h2-11,14-15,19,31H,12-13,16H2,1H3,(H,25,26,28,32). The lowest BCUT2D eigenvalue weighted by Gasteiger charge is -2.28. The number of nitrogens with zero attached hydrogens (tertiary/aromatic N) is 5. The zero-order valence-electron chi connectivity index (χ0n) is 19.8. The number of rotatable bonds is 10. The van der Waals surface area contributed by atoms with Gasteiger partial charge in [-0.15, -0.1) is 0 Å². The van der Waals surface area contributed by atoms with Crippen LogP contribution in [0.25, 0.3) is 11.2 Å². The molecule has 0 fully saturated rings. The minimum absolute atomic E-state index is 0.152. The monoisotopic (exact) mass is 524 g/mol. The fourth-order valence-electron chi connectivity index (χ4n) is 3.54. The zero-order chi connectivity index (χ0) is 26.4. The average molecular weight is 525 g/mol. The number of aliphatic hydroxyl groups excluding tert-OH is 1. The van der Waals surface area contributed by atoms with Crippen LogP contribution in [-0.4, -0.2) is 74.7 Å². The average Bonchev–Trinajstić information content (AvgIpc) is 3.32. The summed E-state index contributed by atoms with van der Waals surface area (Å²) >= 11 is 0. The Kier molecular flexibility index (Phi) is 7.86. The van der Waals surface area contributed by atoms with Gasteiger partial charge >= 0.3 is 5.97 Å². The van der Waals surface area contributed by atoms with E-state index in [1.807, 2.05) is 0 Å². The molecule has 13 heteroatoms. The van der Waals surface area contributed by atoms with E-state index in [0.29, 0.717) is 11.1 Å². The molecule has 4 rings (SSSR count). The lowest BCUT2D eigenvalue weighted by molar-refractivity contribution is 0.0335. The summed E-state index contributed by atoms with van der Waals surface area (Å²) in [6.07, 6.45) is 3.55. The molecule has 37 heavy (non-hydrogen) atoms. The third-order valence-electron chi connectivity index (χ3n) is 5.42. The number of benzene rings is 2. The van der Waals surface area contributed by atoms with Gasteiger partial charge in [0.25, 0.3) is 5.91 Å². The van der Waals surface area contributed by atoms with Crippen molar-refractivity contribution in [1.82, 2.24) is 23.8 Å². The van der Waals surface area contributed by atoms with Crippen molar-refractivity contribution >= 4 is 38.9 Å². The van der Waals surface area contributed by atoms with Crippen LogP contribution in [0.5, 0.6) is 0 Å². The molecule has 0 aliphatic heterocycles. The van der Waals surface area contributed by atoms with E-state index in [-0.39, 0.29) is 30.3 Å². The van der Waals surface area contributed by atoms with Gasteiger partial charge in [0, 0.05) is 5.56 Å². The largest absolute Gasteiger partial charge is 0.460 e. The number of esters is 1. The third-order valence-corrected chi connectivity index (χ3v) is 6.69. The highest BCUT2D eigenvalue weighted by molar-refractivity contribution is 7.88. The molecule has 4 aromatic rings. The van der Waals surface area contributed by atoms with Crippen molar-refractivity contribution in [2.75, 3.05) is 24.8 Å². The summed E-state index contributed by atoms with van der Waals surface area (Å²) in [5.41, 5.74) is 1.22. The lowest BCUT2D eigenvalue weighted by atomic mass is 10.2. The first-order valence-corrected chi connectivity index (χ1v) is 12.9. The van der Waals surface area contributed by atoms with Crippen molar-refractivity contribution in [1.29, 1.82) is 0 Å². The first kappa shape index (κ1) is 25.9. The second kappa shape index (κ2) is 11.2. The topological polar surface area (TPSA) is 157 Å². The smallest absolute Gasteiger partial charge is 0.338 e. The highest BCUT2D eigenvalue weighted by Gasteiger charge is 2.29. The van der Waals surface area contributed by atoms with E-state index >= 15 is 0 Å². The highest BCUT2D eigenvalue weighted by Crippen LogP contribution is 2.20. The fraction of sp³-hybridized carbons (Fsp3) is 0.208. The van der Waals surface area contributed by atoms with Crippen LogP contribution in [0.3, 0.4) is 0 Å². The van der Waals surface area contributed by atoms with Crippen LogP contribution in [0.1, 0.15) is 20.7 Å². The number of aromatic nitrogens is 4.